The Hall–Kier alpha value is -3.30. The summed E-state index contributed by atoms with van der Waals surface area (Å²) < 4.78 is 17.3. The van der Waals surface area contributed by atoms with Gasteiger partial charge in [-0.15, -0.1) is 0 Å². The molecule has 4 atom stereocenters. The summed E-state index contributed by atoms with van der Waals surface area (Å²) in [6.45, 7) is -0.189. The molecule has 0 aromatic heterocycles. The van der Waals surface area contributed by atoms with Crippen molar-refractivity contribution in [2.24, 2.45) is 0 Å². The van der Waals surface area contributed by atoms with Crippen molar-refractivity contribution in [3.8, 4) is 11.5 Å². The zero-order valence-corrected chi connectivity index (χ0v) is 20.4. The Bertz CT molecular complexity index is 1090. The Morgan fingerprint density at radius 1 is 1.06 bits per heavy atom. The van der Waals surface area contributed by atoms with Gasteiger partial charge in [0.05, 0.1) is 26.2 Å². The van der Waals surface area contributed by atoms with E-state index in [1.807, 2.05) is 12.1 Å². The Morgan fingerprint density at radius 3 is 2.50 bits per heavy atom. The van der Waals surface area contributed by atoms with E-state index >= 15 is 0 Å². The first kappa shape index (κ1) is 24.4. The number of urea groups is 1. The molecule has 1 saturated carbocycles. The van der Waals surface area contributed by atoms with Gasteiger partial charge in [0, 0.05) is 28.9 Å². The Labute approximate surface area is 210 Å². The van der Waals surface area contributed by atoms with E-state index in [4.69, 9.17) is 14.2 Å². The second-order valence-electron chi connectivity index (χ2n) is 9.72. The topological polar surface area (TPSA) is 118 Å². The molecule has 2 aromatic rings. The molecule has 2 heterocycles. The van der Waals surface area contributed by atoms with E-state index in [9.17, 15) is 14.7 Å². The fourth-order valence-electron chi connectivity index (χ4n) is 5.50. The third-order valence-electron chi connectivity index (χ3n) is 7.24. The lowest BCUT2D eigenvalue weighted by atomic mass is 9.84. The van der Waals surface area contributed by atoms with Gasteiger partial charge in [0.2, 0.25) is 5.91 Å². The van der Waals surface area contributed by atoms with Crippen LogP contribution in [0.4, 0.5) is 16.2 Å². The number of fused-ring (bicyclic) bond motifs is 3. The molecule has 1 aliphatic carbocycles. The maximum atomic E-state index is 12.6. The van der Waals surface area contributed by atoms with Crippen LogP contribution in [0.2, 0.25) is 0 Å². The second kappa shape index (κ2) is 10.8. The number of aliphatic hydroxyl groups excluding tert-OH is 1. The fourth-order valence-corrected chi connectivity index (χ4v) is 5.50. The molecule has 4 N–H and O–H groups in total. The van der Waals surface area contributed by atoms with Gasteiger partial charge in [-0.1, -0.05) is 12.8 Å². The highest BCUT2D eigenvalue weighted by Gasteiger charge is 2.46. The van der Waals surface area contributed by atoms with Gasteiger partial charge < -0.3 is 35.3 Å². The van der Waals surface area contributed by atoms with Crippen molar-refractivity contribution >= 4 is 23.3 Å². The van der Waals surface area contributed by atoms with Crippen molar-refractivity contribution in [2.75, 3.05) is 24.4 Å². The van der Waals surface area contributed by atoms with Crippen molar-refractivity contribution in [1.82, 2.24) is 5.32 Å². The smallest absolute Gasteiger partial charge is 0.323 e. The molecule has 3 amide bonds. The number of rotatable bonds is 7. The molecule has 2 aliphatic heterocycles. The predicted octanol–water partition coefficient (Wildman–Crippen LogP) is 3.78. The molecule has 9 heteroatoms. The number of aliphatic hydroxyl groups is 1. The lowest BCUT2D eigenvalue weighted by Crippen LogP contribution is -2.47. The van der Waals surface area contributed by atoms with E-state index < -0.39 is 6.10 Å². The van der Waals surface area contributed by atoms with E-state index in [2.05, 4.69) is 16.0 Å². The molecule has 3 aliphatic rings. The normalized spacial score (nSPS) is 24.8. The third kappa shape index (κ3) is 5.42. The number of anilines is 2. The highest BCUT2D eigenvalue weighted by atomic mass is 16.6. The molecule has 2 fully saturated rings. The van der Waals surface area contributed by atoms with Crippen LogP contribution in [0.3, 0.4) is 0 Å². The summed E-state index contributed by atoms with van der Waals surface area (Å²) in [6, 6.07) is 12.5. The van der Waals surface area contributed by atoms with Gasteiger partial charge in [-0.2, -0.15) is 0 Å². The van der Waals surface area contributed by atoms with E-state index in [-0.39, 0.29) is 49.1 Å². The molecule has 0 radical (unpaired) electrons. The van der Waals surface area contributed by atoms with Crippen LogP contribution in [-0.4, -0.2) is 55.1 Å². The third-order valence-corrected chi connectivity index (χ3v) is 7.24. The van der Waals surface area contributed by atoms with Gasteiger partial charge in [-0.05, 0) is 61.7 Å². The summed E-state index contributed by atoms with van der Waals surface area (Å²) in [5, 5.41) is 18.8. The van der Waals surface area contributed by atoms with Crippen molar-refractivity contribution < 1.29 is 28.9 Å². The van der Waals surface area contributed by atoms with Gasteiger partial charge >= 0.3 is 6.03 Å². The van der Waals surface area contributed by atoms with Gasteiger partial charge in [0.15, 0.2) is 0 Å². The second-order valence-corrected chi connectivity index (χ2v) is 9.72. The summed E-state index contributed by atoms with van der Waals surface area (Å²) >= 11 is 0. The number of hydrogen-bond acceptors (Lipinski definition) is 6. The van der Waals surface area contributed by atoms with E-state index in [0.717, 1.165) is 31.2 Å². The average Bonchev–Trinajstić information content (AvgIpc) is 3.51. The summed E-state index contributed by atoms with van der Waals surface area (Å²) in [5.41, 5.74) is 2.23. The predicted molar refractivity (Wildman–Crippen MR) is 135 cm³/mol. The molecule has 9 nitrogen and oxygen atoms in total. The van der Waals surface area contributed by atoms with Gasteiger partial charge in [-0.3, -0.25) is 4.79 Å². The number of amides is 3. The first-order valence-corrected chi connectivity index (χ1v) is 12.6. The molecule has 0 unspecified atom stereocenters. The monoisotopic (exact) mass is 495 g/mol. The lowest BCUT2D eigenvalue weighted by molar-refractivity contribution is -0.142. The van der Waals surface area contributed by atoms with Crippen molar-refractivity contribution in [3.05, 3.63) is 48.0 Å². The first-order valence-electron chi connectivity index (χ1n) is 12.6. The largest absolute Gasteiger partial charge is 0.497 e. The number of hydrogen-bond donors (Lipinski definition) is 4. The van der Waals surface area contributed by atoms with Crippen molar-refractivity contribution in [1.29, 1.82) is 0 Å². The van der Waals surface area contributed by atoms with Crippen LogP contribution >= 0.6 is 0 Å². The Balaban J connectivity index is 1.24. The summed E-state index contributed by atoms with van der Waals surface area (Å²) in [5.74, 6) is 1.37. The number of carbonyl (C=O) groups is 2. The molecular formula is C27H33N3O6. The highest BCUT2D eigenvalue weighted by molar-refractivity contribution is 5.99. The summed E-state index contributed by atoms with van der Waals surface area (Å²) in [4.78, 5) is 25.2. The van der Waals surface area contributed by atoms with Gasteiger partial charge in [0.25, 0.3) is 0 Å². The van der Waals surface area contributed by atoms with Crippen LogP contribution in [0.5, 0.6) is 11.5 Å². The minimum atomic E-state index is -0.518. The molecule has 1 saturated heterocycles. The molecule has 0 spiro atoms. The molecule has 2 aromatic carbocycles. The zero-order valence-electron chi connectivity index (χ0n) is 20.4. The number of ether oxygens (including phenoxy) is 3. The fraction of sp³-hybridized carbons (Fsp3) is 0.481. The standard InChI is InChI=1S/C27H33N3O6/c1-34-19-9-6-17(7-10-19)29-27(33)30-18-8-11-23-21(12-18)22-13-20(35-24(15-31)26(22)36-23)14-25(32)28-16-4-2-3-5-16/h6-12,16,20,22,24,26,31H,2-5,13-15H2,1H3,(H,28,32)(H2,29,30,33)/t20-,22+,24-,26-/m1/s1. The molecule has 192 valence electrons. The van der Waals surface area contributed by atoms with Crippen LogP contribution in [0.25, 0.3) is 0 Å². The van der Waals surface area contributed by atoms with Crippen LogP contribution in [0, 0.1) is 0 Å². The van der Waals surface area contributed by atoms with E-state index in [1.165, 1.54) is 0 Å². The highest BCUT2D eigenvalue weighted by Crippen LogP contribution is 2.47. The molecular weight excluding hydrogens is 462 g/mol. The zero-order chi connectivity index (χ0) is 25.1. The number of carbonyl (C=O) groups excluding carboxylic acids is 2. The first-order chi connectivity index (χ1) is 17.5. The summed E-state index contributed by atoms with van der Waals surface area (Å²) in [6.07, 6.45) is 4.08. The van der Waals surface area contributed by atoms with Crippen LogP contribution in [-0.2, 0) is 9.53 Å². The lowest BCUT2D eigenvalue weighted by Gasteiger charge is -2.37. The molecule has 36 heavy (non-hydrogen) atoms. The molecule has 0 bridgehead atoms. The molecule has 5 rings (SSSR count). The minimum absolute atomic E-state index is 0.00759. The van der Waals surface area contributed by atoms with Crippen molar-refractivity contribution in [2.45, 2.75) is 68.8 Å². The maximum absolute atomic E-state index is 12.6. The average molecular weight is 496 g/mol. The Kier molecular flexibility index (Phi) is 7.29. The Morgan fingerprint density at radius 2 is 1.78 bits per heavy atom. The minimum Gasteiger partial charge on any atom is -0.497 e. The summed E-state index contributed by atoms with van der Waals surface area (Å²) in [7, 11) is 1.59. The maximum Gasteiger partial charge on any atom is 0.323 e. The van der Waals surface area contributed by atoms with E-state index in [0.29, 0.717) is 29.3 Å². The van der Waals surface area contributed by atoms with Crippen LogP contribution in [0.1, 0.15) is 50.0 Å². The number of methoxy groups -OCH3 is 1. The van der Waals surface area contributed by atoms with Crippen molar-refractivity contribution in [3.63, 3.8) is 0 Å². The van der Waals surface area contributed by atoms with E-state index in [1.54, 1.807) is 37.4 Å². The number of benzene rings is 2. The quantitative estimate of drug-likeness (QED) is 0.464. The SMILES string of the molecule is COc1ccc(NC(=O)Nc2ccc3c(c2)[C@@H]2C[C@H](CC(=O)NC4CCCC4)O[C@H](CO)[C@@H]2O3)cc1. The van der Waals surface area contributed by atoms with Crippen LogP contribution < -0.4 is 25.4 Å². The van der Waals surface area contributed by atoms with Gasteiger partial charge in [-0.25, -0.2) is 4.79 Å². The van der Waals surface area contributed by atoms with Crippen LogP contribution in [0.15, 0.2) is 42.5 Å². The number of nitrogens with one attached hydrogen (secondary N) is 3. The van der Waals surface area contributed by atoms with Gasteiger partial charge in [0.1, 0.15) is 23.7 Å².